The molecule has 0 amide bonds. The molecular weight excluding hydrogens is 238 g/mol. The van der Waals surface area contributed by atoms with Crippen LogP contribution < -0.4 is 4.74 Å². The maximum absolute atomic E-state index is 12.8. The Labute approximate surface area is 104 Å². The van der Waals surface area contributed by atoms with Gasteiger partial charge in [-0.2, -0.15) is 18.6 Å². The fourth-order valence-corrected chi connectivity index (χ4v) is 1.88. The molecule has 2 aromatic rings. The van der Waals surface area contributed by atoms with Gasteiger partial charge in [-0.15, -0.1) is 0 Å². The minimum Gasteiger partial charge on any atom is -0.481 e. The summed E-state index contributed by atoms with van der Waals surface area (Å²) in [7, 11) is 1.37. The summed E-state index contributed by atoms with van der Waals surface area (Å²) in [6.07, 6.45) is 0. The van der Waals surface area contributed by atoms with E-state index < -0.39 is 6.55 Å². The van der Waals surface area contributed by atoms with Crippen LogP contribution in [0.15, 0.2) is 18.2 Å². The highest BCUT2D eigenvalue weighted by molar-refractivity contribution is 5.85. The first-order chi connectivity index (χ1) is 8.34. The highest BCUT2D eigenvalue weighted by Crippen LogP contribution is 2.32. The zero-order valence-electron chi connectivity index (χ0n) is 10.9. The molecular formula is C13H16F2N2O. The van der Waals surface area contributed by atoms with Crippen LogP contribution in [0.2, 0.25) is 0 Å². The van der Waals surface area contributed by atoms with Crippen molar-refractivity contribution in [3.8, 4) is 5.88 Å². The fraction of sp³-hybridized carbons (Fsp3) is 0.462. The first-order valence-electron chi connectivity index (χ1n) is 5.69. The van der Waals surface area contributed by atoms with Crippen molar-refractivity contribution < 1.29 is 13.5 Å². The molecule has 1 aromatic heterocycles. The van der Waals surface area contributed by atoms with Gasteiger partial charge in [0.05, 0.1) is 18.0 Å². The van der Waals surface area contributed by atoms with Crippen molar-refractivity contribution in [2.24, 2.45) is 0 Å². The molecule has 0 spiro atoms. The maximum atomic E-state index is 12.8. The van der Waals surface area contributed by atoms with Crippen molar-refractivity contribution in [3.05, 3.63) is 23.8 Å². The lowest BCUT2D eigenvalue weighted by molar-refractivity contribution is 0.0487. The van der Waals surface area contributed by atoms with Crippen LogP contribution >= 0.6 is 0 Å². The molecule has 0 fully saturated rings. The van der Waals surface area contributed by atoms with Crippen LogP contribution in [0.3, 0.4) is 0 Å². The van der Waals surface area contributed by atoms with Gasteiger partial charge in [0.15, 0.2) is 0 Å². The number of ether oxygens (including phenoxy) is 1. The second-order valence-corrected chi connectivity index (χ2v) is 5.21. The van der Waals surface area contributed by atoms with E-state index in [1.807, 2.05) is 12.1 Å². The van der Waals surface area contributed by atoms with Crippen molar-refractivity contribution in [1.29, 1.82) is 0 Å². The van der Waals surface area contributed by atoms with Crippen LogP contribution in [0.4, 0.5) is 8.78 Å². The molecule has 0 saturated carbocycles. The Balaban J connectivity index is 2.66. The van der Waals surface area contributed by atoms with Crippen molar-refractivity contribution in [1.82, 2.24) is 9.78 Å². The summed E-state index contributed by atoms with van der Waals surface area (Å²) in [5, 5.41) is 4.50. The Morgan fingerprint density at radius 2 is 1.94 bits per heavy atom. The van der Waals surface area contributed by atoms with Crippen molar-refractivity contribution in [2.75, 3.05) is 7.11 Å². The van der Waals surface area contributed by atoms with Crippen molar-refractivity contribution >= 4 is 10.9 Å². The second kappa shape index (κ2) is 4.23. The van der Waals surface area contributed by atoms with Gasteiger partial charge < -0.3 is 4.74 Å². The van der Waals surface area contributed by atoms with Gasteiger partial charge in [-0.25, -0.2) is 0 Å². The molecule has 3 nitrogen and oxygen atoms in total. The lowest BCUT2D eigenvalue weighted by Crippen LogP contribution is -2.10. The summed E-state index contributed by atoms with van der Waals surface area (Å²) in [5.74, 6) is 0.0976. The van der Waals surface area contributed by atoms with Crippen LogP contribution in [0.25, 0.3) is 10.9 Å². The predicted molar refractivity (Wildman–Crippen MR) is 66.2 cm³/mol. The number of hydrogen-bond acceptors (Lipinski definition) is 2. The quantitative estimate of drug-likeness (QED) is 0.816. The number of benzene rings is 1. The number of alkyl halides is 2. The number of nitrogens with zero attached hydrogens (tertiary/aromatic N) is 2. The standard InChI is InChI=1S/C13H16F2N2O/c1-13(2,3)8-5-6-9-10(7-8)16-17(12(14)15)11(9)18-4/h5-7,12H,1-4H3. The van der Waals surface area contributed by atoms with Gasteiger partial charge in [0.25, 0.3) is 0 Å². The number of halogens is 2. The molecule has 0 unspecified atom stereocenters. The zero-order valence-corrected chi connectivity index (χ0v) is 10.9. The van der Waals surface area contributed by atoms with E-state index in [0.717, 1.165) is 5.56 Å². The van der Waals surface area contributed by atoms with Gasteiger partial charge in [-0.05, 0) is 23.1 Å². The third-order valence-corrected chi connectivity index (χ3v) is 2.90. The molecule has 18 heavy (non-hydrogen) atoms. The minimum absolute atomic E-state index is 0.0456. The highest BCUT2D eigenvalue weighted by Gasteiger charge is 2.20. The third kappa shape index (κ3) is 2.05. The van der Waals surface area contributed by atoms with Gasteiger partial charge >= 0.3 is 6.55 Å². The molecule has 0 radical (unpaired) electrons. The molecule has 0 bridgehead atoms. The van der Waals surface area contributed by atoms with E-state index in [0.29, 0.717) is 15.6 Å². The second-order valence-electron chi connectivity index (χ2n) is 5.21. The van der Waals surface area contributed by atoms with Crippen LogP contribution in [0.1, 0.15) is 32.9 Å². The van der Waals surface area contributed by atoms with Crippen LogP contribution in [0.5, 0.6) is 5.88 Å². The Morgan fingerprint density at radius 1 is 1.28 bits per heavy atom. The van der Waals surface area contributed by atoms with E-state index in [4.69, 9.17) is 4.74 Å². The Kier molecular flexibility index (Phi) is 3.00. The molecule has 0 N–H and O–H groups in total. The van der Waals surface area contributed by atoms with E-state index in [2.05, 4.69) is 25.9 Å². The van der Waals surface area contributed by atoms with Crippen LogP contribution in [-0.4, -0.2) is 16.9 Å². The molecule has 0 atom stereocenters. The number of aromatic nitrogens is 2. The van der Waals surface area contributed by atoms with Crippen molar-refractivity contribution in [3.63, 3.8) is 0 Å². The summed E-state index contributed by atoms with van der Waals surface area (Å²) in [6.45, 7) is 3.49. The Bertz CT molecular complexity index is 570. The average Bonchev–Trinajstić information content (AvgIpc) is 2.65. The molecule has 0 aliphatic heterocycles. The van der Waals surface area contributed by atoms with Gasteiger partial charge in [-0.3, -0.25) is 0 Å². The van der Waals surface area contributed by atoms with E-state index in [1.54, 1.807) is 6.07 Å². The van der Waals surface area contributed by atoms with E-state index in [1.165, 1.54) is 7.11 Å². The molecule has 0 aliphatic rings. The predicted octanol–water partition coefficient (Wildman–Crippen LogP) is 3.74. The van der Waals surface area contributed by atoms with Gasteiger partial charge in [0.1, 0.15) is 0 Å². The number of fused-ring (bicyclic) bond motifs is 1. The Hall–Kier alpha value is -1.65. The number of rotatable bonds is 2. The molecule has 1 aromatic carbocycles. The van der Waals surface area contributed by atoms with E-state index in [-0.39, 0.29) is 11.3 Å². The lowest BCUT2D eigenvalue weighted by atomic mass is 9.87. The summed E-state index contributed by atoms with van der Waals surface area (Å²) in [4.78, 5) is 0. The van der Waals surface area contributed by atoms with Gasteiger partial charge in [0.2, 0.25) is 5.88 Å². The topological polar surface area (TPSA) is 27.1 Å². The minimum atomic E-state index is -2.70. The molecule has 2 rings (SSSR count). The molecule has 5 heteroatoms. The molecule has 0 aliphatic carbocycles. The van der Waals surface area contributed by atoms with Crippen LogP contribution in [0, 0.1) is 0 Å². The molecule has 0 saturated heterocycles. The SMILES string of the molecule is COc1c2ccc(C(C)(C)C)cc2nn1C(F)F. The highest BCUT2D eigenvalue weighted by atomic mass is 19.3. The monoisotopic (exact) mass is 254 g/mol. The summed E-state index contributed by atoms with van der Waals surface area (Å²) >= 11 is 0. The normalized spacial score (nSPS) is 12.4. The largest absolute Gasteiger partial charge is 0.481 e. The Morgan fingerprint density at radius 3 is 2.44 bits per heavy atom. The molecule has 98 valence electrons. The summed E-state index contributed by atoms with van der Waals surface area (Å²) in [6, 6.07) is 5.53. The average molecular weight is 254 g/mol. The van der Waals surface area contributed by atoms with E-state index in [9.17, 15) is 8.78 Å². The van der Waals surface area contributed by atoms with Gasteiger partial charge in [0, 0.05) is 0 Å². The van der Waals surface area contributed by atoms with Crippen molar-refractivity contribution in [2.45, 2.75) is 32.7 Å². The van der Waals surface area contributed by atoms with E-state index >= 15 is 0 Å². The van der Waals surface area contributed by atoms with Gasteiger partial charge in [-0.1, -0.05) is 26.8 Å². The first-order valence-corrected chi connectivity index (χ1v) is 5.69. The fourth-order valence-electron chi connectivity index (χ4n) is 1.88. The molecule has 1 heterocycles. The third-order valence-electron chi connectivity index (χ3n) is 2.90. The maximum Gasteiger partial charge on any atom is 0.336 e. The summed E-state index contributed by atoms with van der Waals surface area (Å²) < 4.78 is 31.2. The first kappa shape index (κ1) is 12.8. The zero-order chi connectivity index (χ0) is 13.5. The number of hydrogen-bond donors (Lipinski definition) is 0. The lowest BCUT2D eigenvalue weighted by Gasteiger charge is -2.18. The van der Waals surface area contributed by atoms with Crippen LogP contribution in [-0.2, 0) is 5.41 Å². The summed E-state index contributed by atoms with van der Waals surface area (Å²) in [5.41, 5.74) is 1.53. The number of methoxy groups -OCH3 is 1. The smallest absolute Gasteiger partial charge is 0.336 e.